The summed E-state index contributed by atoms with van der Waals surface area (Å²) in [4.78, 5) is 0. The highest BCUT2D eigenvalue weighted by molar-refractivity contribution is 4.80. The molecule has 0 aliphatic carbocycles. The van der Waals surface area contributed by atoms with Gasteiger partial charge in [-0.25, -0.2) is 0 Å². The summed E-state index contributed by atoms with van der Waals surface area (Å²) in [5.41, 5.74) is -0.103. The van der Waals surface area contributed by atoms with Crippen molar-refractivity contribution in [1.82, 2.24) is 5.32 Å². The van der Waals surface area contributed by atoms with Gasteiger partial charge in [0.2, 0.25) is 0 Å². The van der Waals surface area contributed by atoms with Crippen LogP contribution in [-0.2, 0) is 9.47 Å². The Morgan fingerprint density at radius 1 is 1.64 bits per heavy atom. The van der Waals surface area contributed by atoms with Crippen LogP contribution < -0.4 is 5.32 Å². The smallest absolute Gasteiger partial charge is 0.101 e. The first-order chi connectivity index (χ1) is 5.27. The maximum Gasteiger partial charge on any atom is 0.101 e. The minimum absolute atomic E-state index is 0.103. The lowest BCUT2D eigenvalue weighted by atomic mass is 10.1. The lowest BCUT2D eigenvalue weighted by Crippen LogP contribution is -2.50. The van der Waals surface area contributed by atoms with Gasteiger partial charge in [-0.2, -0.15) is 0 Å². The van der Waals surface area contributed by atoms with Crippen LogP contribution in [0.1, 0.15) is 13.8 Å². The Morgan fingerprint density at radius 2 is 2.45 bits per heavy atom. The molecule has 1 aliphatic heterocycles. The van der Waals surface area contributed by atoms with Gasteiger partial charge in [0.1, 0.15) is 5.60 Å². The van der Waals surface area contributed by atoms with Gasteiger partial charge < -0.3 is 14.8 Å². The van der Waals surface area contributed by atoms with E-state index in [4.69, 9.17) is 9.47 Å². The zero-order valence-corrected chi connectivity index (χ0v) is 7.35. The summed E-state index contributed by atoms with van der Waals surface area (Å²) >= 11 is 0. The summed E-state index contributed by atoms with van der Waals surface area (Å²) in [7, 11) is 0. The molecule has 3 heteroatoms. The fourth-order valence-electron chi connectivity index (χ4n) is 1.18. The van der Waals surface area contributed by atoms with Crippen LogP contribution in [0, 0.1) is 0 Å². The quantitative estimate of drug-likeness (QED) is 0.646. The van der Waals surface area contributed by atoms with Gasteiger partial charge in [-0.05, 0) is 13.8 Å². The Labute approximate surface area is 68.1 Å². The largest absolute Gasteiger partial charge is 0.379 e. The molecule has 66 valence electrons. The number of rotatable bonds is 3. The van der Waals surface area contributed by atoms with E-state index in [2.05, 4.69) is 12.2 Å². The first kappa shape index (κ1) is 8.97. The molecule has 1 atom stereocenters. The number of nitrogens with one attached hydrogen (secondary N) is 1. The van der Waals surface area contributed by atoms with E-state index in [1.54, 1.807) is 0 Å². The van der Waals surface area contributed by atoms with Gasteiger partial charge in [0, 0.05) is 19.7 Å². The summed E-state index contributed by atoms with van der Waals surface area (Å²) in [5, 5.41) is 3.28. The Morgan fingerprint density at radius 3 is 3.00 bits per heavy atom. The predicted octanol–water partition coefficient (Wildman–Crippen LogP) is 0.401. The fourth-order valence-corrected chi connectivity index (χ4v) is 1.18. The average molecular weight is 159 g/mol. The predicted molar refractivity (Wildman–Crippen MR) is 43.7 cm³/mol. The van der Waals surface area contributed by atoms with Crippen LogP contribution in [0.15, 0.2) is 0 Å². The normalized spacial score (nSPS) is 32.2. The molecule has 1 fully saturated rings. The second kappa shape index (κ2) is 4.04. The first-order valence-corrected chi connectivity index (χ1v) is 4.19. The fraction of sp³-hybridized carbons (Fsp3) is 1.00. The van der Waals surface area contributed by atoms with Gasteiger partial charge >= 0.3 is 0 Å². The third-order valence-electron chi connectivity index (χ3n) is 1.84. The van der Waals surface area contributed by atoms with Crippen LogP contribution in [0.25, 0.3) is 0 Å². The topological polar surface area (TPSA) is 30.5 Å². The molecule has 1 unspecified atom stereocenters. The molecule has 0 aromatic rings. The van der Waals surface area contributed by atoms with E-state index in [0.29, 0.717) is 6.61 Å². The van der Waals surface area contributed by atoms with Gasteiger partial charge in [0.05, 0.1) is 13.2 Å². The Balaban J connectivity index is 2.25. The minimum Gasteiger partial charge on any atom is -0.379 e. The van der Waals surface area contributed by atoms with Gasteiger partial charge in [-0.1, -0.05) is 0 Å². The van der Waals surface area contributed by atoms with Crippen molar-refractivity contribution in [3.05, 3.63) is 0 Å². The summed E-state index contributed by atoms with van der Waals surface area (Å²) in [6, 6.07) is 0. The van der Waals surface area contributed by atoms with E-state index in [-0.39, 0.29) is 5.60 Å². The van der Waals surface area contributed by atoms with Crippen molar-refractivity contribution < 1.29 is 9.47 Å². The zero-order valence-electron chi connectivity index (χ0n) is 7.35. The maximum absolute atomic E-state index is 5.58. The van der Waals surface area contributed by atoms with Crippen molar-refractivity contribution in [2.24, 2.45) is 0 Å². The summed E-state index contributed by atoms with van der Waals surface area (Å²) in [5.74, 6) is 0. The molecule has 0 saturated carbocycles. The number of morpholine rings is 1. The van der Waals surface area contributed by atoms with Gasteiger partial charge in [-0.3, -0.25) is 0 Å². The summed E-state index contributed by atoms with van der Waals surface area (Å²) in [6.07, 6.45) is 0. The molecule has 1 saturated heterocycles. The van der Waals surface area contributed by atoms with Crippen LogP contribution in [0.4, 0.5) is 0 Å². The van der Waals surface area contributed by atoms with Crippen molar-refractivity contribution in [1.29, 1.82) is 0 Å². The third-order valence-corrected chi connectivity index (χ3v) is 1.84. The second-order valence-electron chi connectivity index (χ2n) is 3.11. The van der Waals surface area contributed by atoms with E-state index in [0.717, 1.165) is 26.3 Å². The molecule has 1 rings (SSSR count). The number of hydrogen-bond acceptors (Lipinski definition) is 3. The van der Waals surface area contributed by atoms with Gasteiger partial charge in [0.25, 0.3) is 0 Å². The van der Waals surface area contributed by atoms with E-state index >= 15 is 0 Å². The highest BCUT2D eigenvalue weighted by atomic mass is 16.5. The molecule has 0 aromatic carbocycles. The van der Waals surface area contributed by atoms with Crippen molar-refractivity contribution in [2.45, 2.75) is 19.4 Å². The number of ether oxygens (including phenoxy) is 2. The molecule has 0 bridgehead atoms. The summed E-state index contributed by atoms with van der Waals surface area (Å²) in [6.45, 7) is 8.18. The molecule has 1 heterocycles. The highest BCUT2D eigenvalue weighted by Gasteiger charge is 2.27. The Hall–Kier alpha value is -0.120. The molecule has 0 spiro atoms. The monoisotopic (exact) mass is 159 g/mol. The van der Waals surface area contributed by atoms with E-state index < -0.39 is 0 Å². The SMILES string of the molecule is CCOCC1(C)CNCCO1. The molecule has 1 N–H and O–H groups in total. The molecule has 11 heavy (non-hydrogen) atoms. The molecule has 0 radical (unpaired) electrons. The molecule has 3 nitrogen and oxygen atoms in total. The van der Waals surface area contributed by atoms with Crippen LogP contribution >= 0.6 is 0 Å². The molecule has 0 aromatic heterocycles. The van der Waals surface area contributed by atoms with Crippen LogP contribution in [-0.4, -0.2) is 38.5 Å². The highest BCUT2D eigenvalue weighted by Crippen LogP contribution is 2.12. The number of hydrogen-bond donors (Lipinski definition) is 1. The van der Waals surface area contributed by atoms with Crippen LogP contribution in [0.5, 0.6) is 0 Å². The standard InChI is InChI=1S/C8H17NO2/c1-3-10-7-8(2)6-9-4-5-11-8/h9H,3-7H2,1-2H3. The van der Waals surface area contributed by atoms with E-state index in [1.165, 1.54) is 0 Å². The minimum atomic E-state index is -0.103. The maximum atomic E-state index is 5.58. The summed E-state index contributed by atoms with van der Waals surface area (Å²) < 4.78 is 10.9. The van der Waals surface area contributed by atoms with Crippen molar-refractivity contribution in [3.8, 4) is 0 Å². The van der Waals surface area contributed by atoms with Crippen molar-refractivity contribution >= 4 is 0 Å². The lowest BCUT2D eigenvalue weighted by molar-refractivity contribution is -0.0990. The lowest BCUT2D eigenvalue weighted by Gasteiger charge is -2.33. The van der Waals surface area contributed by atoms with Crippen LogP contribution in [0.3, 0.4) is 0 Å². The molecular weight excluding hydrogens is 142 g/mol. The molecular formula is C8H17NO2. The van der Waals surface area contributed by atoms with Crippen molar-refractivity contribution in [3.63, 3.8) is 0 Å². The van der Waals surface area contributed by atoms with Crippen molar-refractivity contribution in [2.75, 3.05) is 32.9 Å². The van der Waals surface area contributed by atoms with Crippen LogP contribution in [0.2, 0.25) is 0 Å². The van der Waals surface area contributed by atoms with Gasteiger partial charge in [0.15, 0.2) is 0 Å². The van der Waals surface area contributed by atoms with E-state index in [1.807, 2.05) is 6.92 Å². The third kappa shape index (κ3) is 2.77. The van der Waals surface area contributed by atoms with E-state index in [9.17, 15) is 0 Å². The average Bonchev–Trinajstić information content (AvgIpc) is 2.03. The molecule has 0 amide bonds. The molecule has 1 aliphatic rings. The first-order valence-electron chi connectivity index (χ1n) is 4.19. The van der Waals surface area contributed by atoms with Gasteiger partial charge in [-0.15, -0.1) is 0 Å². The zero-order chi connectivity index (χ0) is 8.16. The Bertz CT molecular complexity index is 111. The second-order valence-corrected chi connectivity index (χ2v) is 3.11. The Kier molecular flexibility index (Phi) is 3.30.